The summed E-state index contributed by atoms with van der Waals surface area (Å²) in [6.45, 7) is 8.91. The van der Waals surface area contributed by atoms with Crippen molar-refractivity contribution in [2.75, 3.05) is 19.8 Å². The molecule has 1 aliphatic heterocycles. The van der Waals surface area contributed by atoms with E-state index in [0.717, 1.165) is 37.8 Å². The number of nitrogens with zero attached hydrogens (tertiary/aromatic N) is 4. The van der Waals surface area contributed by atoms with E-state index < -0.39 is 0 Å². The lowest BCUT2D eigenvalue weighted by molar-refractivity contribution is 0.111. The zero-order valence-electron chi connectivity index (χ0n) is 13.9. The smallest absolute Gasteiger partial charge is 0.100 e. The first kappa shape index (κ1) is 16.0. The Morgan fingerprint density at radius 3 is 3.08 bits per heavy atom. The van der Waals surface area contributed by atoms with Crippen molar-refractivity contribution >= 4 is 11.3 Å². The summed E-state index contributed by atoms with van der Waals surface area (Å²) in [6, 6.07) is 2.20. The van der Waals surface area contributed by atoms with Crippen molar-refractivity contribution in [3.05, 3.63) is 46.4 Å². The molecule has 0 spiro atoms. The molecule has 1 aliphatic carbocycles. The Morgan fingerprint density at radius 1 is 1.42 bits per heavy atom. The van der Waals surface area contributed by atoms with Crippen LogP contribution in [0.15, 0.2) is 29.5 Å². The van der Waals surface area contributed by atoms with Gasteiger partial charge >= 0.3 is 0 Å². The van der Waals surface area contributed by atoms with Gasteiger partial charge in [0, 0.05) is 32.1 Å². The quantitative estimate of drug-likeness (QED) is 0.545. The van der Waals surface area contributed by atoms with Gasteiger partial charge in [-0.05, 0) is 41.1 Å². The molecule has 4 rings (SSSR count). The second-order valence-corrected chi connectivity index (χ2v) is 7.65. The molecule has 0 bridgehead atoms. The molecule has 1 atom stereocenters. The van der Waals surface area contributed by atoms with Crippen LogP contribution in [0.2, 0.25) is 0 Å². The van der Waals surface area contributed by atoms with Crippen molar-refractivity contribution in [2.45, 2.75) is 38.4 Å². The lowest BCUT2D eigenvalue weighted by Gasteiger charge is -2.32. The summed E-state index contributed by atoms with van der Waals surface area (Å²) < 4.78 is 7.95. The van der Waals surface area contributed by atoms with E-state index in [0.29, 0.717) is 19.1 Å². The fourth-order valence-electron chi connectivity index (χ4n) is 3.46. The predicted molar refractivity (Wildman–Crippen MR) is 94.9 cm³/mol. The number of ether oxygens (including phenoxy) is 1. The van der Waals surface area contributed by atoms with Gasteiger partial charge in [-0.15, -0.1) is 11.7 Å². The molecule has 5 nitrogen and oxygen atoms in total. The molecule has 0 unspecified atom stereocenters. The molecule has 1 saturated carbocycles. The van der Waals surface area contributed by atoms with Crippen LogP contribution in [0.25, 0.3) is 0 Å². The van der Waals surface area contributed by atoms with Crippen LogP contribution in [0.4, 0.5) is 0 Å². The Morgan fingerprint density at radius 2 is 2.33 bits per heavy atom. The number of thiophene rings is 1. The van der Waals surface area contributed by atoms with Gasteiger partial charge in [0.25, 0.3) is 0 Å². The van der Waals surface area contributed by atoms with Crippen LogP contribution in [-0.4, -0.2) is 39.7 Å². The van der Waals surface area contributed by atoms with Gasteiger partial charge in [0.1, 0.15) is 5.69 Å². The summed E-state index contributed by atoms with van der Waals surface area (Å²) in [4.78, 5) is 2.46. The molecular weight excluding hydrogens is 320 g/mol. The summed E-state index contributed by atoms with van der Waals surface area (Å²) in [5.41, 5.74) is 3.80. The largest absolute Gasteiger partial charge is 0.377 e. The van der Waals surface area contributed by atoms with Crippen LogP contribution >= 0.6 is 11.3 Å². The molecule has 2 aromatic rings. The highest BCUT2D eigenvalue weighted by Gasteiger charge is 2.33. The maximum absolute atomic E-state index is 5.80. The lowest BCUT2D eigenvalue weighted by atomic mass is 9.98. The highest BCUT2D eigenvalue weighted by Crippen LogP contribution is 2.34. The maximum atomic E-state index is 5.80. The van der Waals surface area contributed by atoms with Crippen molar-refractivity contribution in [1.82, 2.24) is 19.9 Å². The first-order chi connectivity index (χ1) is 11.8. The zero-order chi connectivity index (χ0) is 16.4. The van der Waals surface area contributed by atoms with E-state index in [4.69, 9.17) is 4.74 Å². The van der Waals surface area contributed by atoms with Gasteiger partial charge in [0.15, 0.2) is 0 Å². The summed E-state index contributed by atoms with van der Waals surface area (Å²) in [5.74, 6) is 1.13. The first-order valence-corrected chi connectivity index (χ1v) is 9.62. The average Bonchev–Trinajstić information content (AvgIpc) is 3.07. The van der Waals surface area contributed by atoms with Gasteiger partial charge < -0.3 is 4.74 Å². The highest BCUT2D eigenvalue weighted by atomic mass is 32.1. The number of aromatic nitrogens is 3. The molecule has 0 radical (unpaired) electrons. The molecule has 128 valence electrons. The van der Waals surface area contributed by atoms with Gasteiger partial charge in [-0.25, -0.2) is 4.68 Å². The summed E-state index contributed by atoms with van der Waals surface area (Å²) >= 11 is 1.75. The van der Waals surface area contributed by atoms with E-state index >= 15 is 0 Å². The molecule has 1 fully saturated rings. The number of hydrogen-bond donors (Lipinski definition) is 0. The van der Waals surface area contributed by atoms with Gasteiger partial charge in [0.2, 0.25) is 0 Å². The van der Waals surface area contributed by atoms with Crippen LogP contribution in [0.1, 0.15) is 35.7 Å². The molecule has 2 aliphatic rings. The van der Waals surface area contributed by atoms with Crippen molar-refractivity contribution in [2.24, 2.45) is 5.92 Å². The minimum Gasteiger partial charge on any atom is -0.377 e. The molecule has 6 heteroatoms. The SMILES string of the molecule is C=CCOC[C@@H]1CN(Cc2ccsc2)Cc2nnn(CC3CC3)c21. The molecule has 0 amide bonds. The third-order valence-corrected chi connectivity index (χ3v) is 5.49. The number of fused-ring (bicyclic) bond motifs is 1. The lowest BCUT2D eigenvalue weighted by Crippen LogP contribution is -2.36. The van der Waals surface area contributed by atoms with Gasteiger partial charge in [0.05, 0.1) is 18.9 Å². The minimum absolute atomic E-state index is 0.334. The Balaban J connectivity index is 1.52. The first-order valence-electron chi connectivity index (χ1n) is 8.68. The normalized spacial score (nSPS) is 20.9. The molecule has 2 aromatic heterocycles. The van der Waals surface area contributed by atoms with Crippen molar-refractivity contribution in [1.29, 1.82) is 0 Å². The zero-order valence-corrected chi connectivity index (χ0v) is 14.7. The van der Waals surface area contributed by atoms with E-state index in [2.05, 4.69) is 43.3 Å². The summed E-state index contributed by atoms with van der Waals surface area (Å²) in [5, 5.41) is 13.3. The summed E-state index contributed by atoms with van der Waals surface area (Å²) in [6.07, 6.45) is 4.47. The topological polar surface area (TPSA) is 43.2 Å². The third kappa shape index (κ3) is 3.61. The standard InChI is InChI=1S/C18H24N4OS/c1-2-6-23-12-16-10-21(8-15-5-7-24-13-15)11-17-18(16)22(20-19-17)9-14-3-4-14/h2,5,7,13-14,16H,1,3-4,6,8-12H2/t16-/m0/s1. The maximum Gasteiger partial charge on any atom is 0.100 e. The van der Waals surface area contributed by atoms with Gasteiger partial charge in [-0.1, -0.05) is 11.3 Å². The molecule has 0 saturated heterocycles. The average molecular weight is 344 g/mol. The van der Waals surface area contributed by atoms with E-state index in [1.807, 2.05) is 6.08 Å². The number of rotatable bonds is 8. The highest BCUT2D eigenvalue weighted by molar-refractivity contribution is 7.07. The number of hydrogen-bond acceptors (Lipinski definition) is 5. The molecule has 3 heterocycles. The van der Waals surface area contributed by atoms with Crippen LogP contribution in [0.3, 0.4) is 0 Å². The van der Waals surface area contributed by atoms with Gasteiger partial charge in [-0.3, -0.25) is 4.90 Å². The molecule has 0 aromatic carbocycles. The van der Waals surface area contributed by atoms with E-state index in [9.17, 15) is 0 Å². The fraction of sp³-hybridized carbons (Fsp3) is 0.556. The second-order valence-electron chi connectivity index (χ2n) is 6.87. The van der Waals surface area contributed by atoms with E-state index in [1.54, 1.807) is 11.3 Å². The van der Waals surface area contributed by atoms with Crippen LogP contribution in [0, 0.1) is 5.92 Å². The molecule has 0 N–H and O–H groups in total. The monoisotopic (exact) mass is 344 g/mol. The van der Waals surface area contributed by atoms with Crippen LogP contribution in [0.5, 0.6) is 0 Å². The Bertz CT molecular complexity index is 677. The Labute approximate surface area is 146 Å². The van der Waals surface area contributed by atoms with Gasteiger partial charge in [-0.2, -0.15) is 11.3 Å². The van der Waals surface area contributed by atoms with E-state index in [-0.39, 0.29) is 0 Å². The molecular formula is C18H24N4OS. The summed E-state index contributed by atoms with van der Waals surface area (Å²) in [7, 11) is 0. The Hall–Kier alpha value is -1.50. The predicted octanol–water partition coefficient (Wildman–Crippen LogP) is 3.05. The van der Waals surface area contributed by atoms with E-state index in [1.165, 1.54) is 24.1 Å². The van der Waals surface area contributed by atoms with Crippen LogP contribution < -0.4 is 0 Å². The van der Waals surface area contributed by atoms with Crippen LogP contribution in [-0.2, 0) is 24.4 Å². The van der Waals surface area contributed by atoms with Crippen molar-refractivity contribution < 1.29 is 4.74 Å². The van der Waals surface area contributed by atoms with Crippen molar-refractivity contribution in [3.63, 3.8) is 0 Å². The molecule has 24 heavy (non-hydrogen) atoms. The third-order valence-electron chi connectivity index (χ3n) is 4.75. The Kier molecular flexibility index (Phi) is 4.78. The minimum atomic E-state index is 0.334. The van der Waals surface area contributed by atoms with Crippen molar-refractivity contribution in [3.8, 4) is 0 Å². The fourth-order valence-corrected chi connectivity index (χ4v) is 4.12. The second kappa shape index (κ2) is 7.17.